The van der Waals surface area contributed by atoms with Crippen LogP contribution in [-0.4, -0.2) is 46.1 Å². The molecule has 2 fully saturated rings. The van der Waals surface area contributed by atoms with Crippen molar-refractivity contribution in [1.82, 2.24) is 25.3 Å². The van der Waals surface area contributed by atoms with E-state index in [0.29, 0.717) is 17.5 Å². The second-order valence-electron chi connectivity index (χ2n) is 8.64. The van der Waals surface area contributed by atoms with Crippen molar-refractivity contribution in [3.05, 3.63) is 54.5 Å². The van der Waals surface area contributed by atoms with Crippen molar-refractivity contribution in [2.75, 3.05) is 31.1 Å². The maximum atomic E-state index is 6.01. The highest BCUT2D eigenvalue weighted by molar-refractivity contribution is 6.10. The number of pyridine rings is 2. The first-order chi connectivity index (χ1) is 15.9. The Bertz CT molecular complexity index is 1480. The number of hydrogen-bond donors (Lipinski definition) is 1. The third-order valence-electron chi connectivity index (χ3n) is 6.57. The lowest BCUT2D eigenvalue weighted by Gasteiger charge is -2.30. The van der Waals surface area contributed by atoms with Crippen LogP contribution in [0.3, 0.4) is 0 Å². The fraction of sp³-hybridized carbons (Fsp3) is 0.280. The quantitative estimate of drug-likeness (QED) is 0.465. The molecule has 4 aromatic heterocycles. The molecular weight excluding hydrogens is 400 g/mol. The zero-order valence-electron chi connectivity index (χ0n) is 17.6. The van der Waals surface area contributed by atoms with Gasteiger partial charge in [0.25, 0.3) is 0 Å². The van der Waals surface area contributed by atoms with E-state index in [2.05, 4.69) is 26.3 Å². The molecule has 0 atom stereocenters. The number of anilines is 1. The first-order valence-electron chi connectivity index (χ1n) is 11.2. The van der Waals surface area contributed by atoms with Gasteiger partial charge in [0, 0.05) is 54.9 Å². The number of hydrogen-bond acceptors (Lipinski definition) is 7. The molecular formula is C25H22N6O. The molecule has 0 radical (unpaired) electrons. The zero-order valence-corrected chi connectivity index (χ0v) is 17.6. The Balaban J connectivity index is 1.52. The average Bonchev–Trinajstić information content (AvgIpc) is 3.63. The van der Waals surface area contributed by atoms with E-state index < -0.39 is 0 Å². The Kier molecular flexibility index (Phi) is 3.93. The fourth-order valence-corrected chi connectivity index (χ4v) is 4.85. The van der Waals surface area contributed by atoms with Gasteiger partial charge in [0.05, 0.1) is 17.1 Å². The number of nitrogens with zero attached hydrogens (tertiary/aromatic N) is 5. The minimum Gasteiger partial charge on any atom is -0.438 e. The van der Waals surface area contributed by atoms with Gasteiger partial charge in [-0.3, -0.25) is 4.98 Å². The predicted molar refractivity (Wildman–Crippen MR) is 125 cm³/mol. The van der Waals surface area contributed by atoms with Gasteiger partial charge < -0.3 is 14.6 Å². The van der Waals surface area contributed by atoms with Crippen molar-refractivity contribution in [1.29, 1.82) is 0 Å². The molecule has 5 aromatic rings. The van der Waals surface area contributed by atoms with Crippen LogP contribution < -0.4 is 10.2 Å². The zero-order chi connectivity index (χ0) is 21.1. The van der Waals surface area contributed by atoms with E-state index >= 15 is 0 Å². The second kappa shape index (κ2) is 6.97. The van der Waals surface area contributed by atoms with Crippen LogP contribution in [0.25, 0.3) is 44.4 Å². The van der Waals surface area contributed by atoms with E-state index in [-0.39, 0.29) is 0 Å². The third kappa shape index (κ3) is 2.78. The summed E-state index contributed by atoms with van der Waals surface area (Å²) in [6.45, 7) is 3.77. The Labute approximate surface area is 184 Å². The molecule has 5 heterocycles. The molecule has 1 saturated carbocycles. The summed E-state index contributed by atoms with van der Waals surface area (Å²) in [4.78, 5) is 21.6. The number of para-hydroxylation sites is 1. The van der Waals surface area contributed by atoms with Crippen molar-refractivity contribution in [3.8, 4) is 11.4 Å². The summed E-state index contributed by atoms with van der Waals surface area (Å²) >= 11 is 0. The summed E-state index contributed by atoms with van der Waals surface area (Å²) in [6, 6.07) is 10.0. The van der Waals surface area contributed by atoms with Crippen molar-refractivity contribution in [2.45, 2.75) is 18.8 Å². The molecule has 7 nitrogen and oxygen atoms in total. The van der Waals surface area contributed by atoms with E-state index in [1.165, 1.54) is 18.4 Å². The van der Waals surface area contributed by atoms with Crippen LogP contribution in [0.5, 0.6) is 0 Å². The average molecular weight is 422 g/mol. The standard InChI is InChI=1S/C25H22N6O/c1-2-4-20-16(3-1)21-17(7-8-28-25(21)32-20)23-29-19-14-27-13-18(15-5-6-15)22(19)24(30-23)31-11-9-26-10-12-31/h1-4,7-8,13-15,26H,5-6,9-12H2. The molecule has 0 bridgehead atoms. The SMILES string of the molecule is c1ccc2c(c1)oc1nccc(-c3nc(N4CCNCC4)c4c(C5CC5)cncc4n3)c12. The Morgan fingerprint density at radius 1 is 0.969 bits per heavy atom. The van der Waals surface area contributed by atoms with Gasteiger partial charge in [-0.15, -0.1) is 0 Å². The van der Waals surface area contributed by atoms with Crippen molar-refractivity contribution < 1.29 is 4.42 Å². The van der Waals surface area contributed by atoms with E-state index in [9.17, 15) is 0 Å². The molecule has 1 saturated heterocycles. The van der Waals surface area contributed by atoms with Gasteiger partial charge in [-0.25, -0.2) is 15.0 Å². The molecule has 0 unspecified atom stereocenters. The molecule has 32 heavy (non-hydrogen) atoms. The van der Waals surface area contributed by atoms with Gasteiger partial charge in [-0.1, -0.05) is 18.2 Å². The first kappa shape index (κ1) is 18.0. The molecule has 1 N–H and O–H groups in total. The number of benzene rings is 1. The molecule has 7 heteroatoms. The van der Waals surface area contributed by atoms with Crippen LogP contribution in [0.1, 0.15) is 24.3 Å². The molecule has 158 valence electrons. The minimum absolute atomic E-state index is 0.577. The molecule has 1 aliphatic heterocycles. The molecule has 7 rings (SSSR count). The van der Waals surface area contributed by atoms with Crippen LogP contribution in [0.15, 0.2) is 53.3 Å². The lowest BCUT2D eigenvalue weighted by atomic mass is 10.1. The maximum Gasteiger partial charge on any atom is 0.228 e. The summed E-state index contributed by atoms with van der Waals surface area (Å²) in [7, 11) is 0. The topological polar surface area (TPSA) is 80.0 Å². The molecule has 1 aliphatic carbocycles. The number of aromatic nitrogens is 4. The van der Waals surface area contributed by atoms with Crippen molar-refractivity contribution in [2.24, 2.45) is 0 Å². The maximum absolute atomic E-state index is 6.01. The highest BCUT2D eigenvalue weighted by Gasteiger charge is 2.29. The number of nitrogens with one attached hydrogen (secondary N) is 1. The van der Waals surface area contributed by atoms with Crippen LogP contribution in [0, 0.1) is 0 Å². The van der Waals surface area contributed by atoms with Crippen LogP contribution in [-0.2, 0) is 0 Å². The molecule has 0 spiro atoms. The molecule has 2 aliphatic rings. The second-order valence-corrected chi connectivity index (χ2v) is 8.64. The smallest absolute Gasteiger partial charge is 0.228 e. The van der Waals surface area contributed by atoms with Gasteiger partial charge in [0.2, 0.25) is 5.71 Å². The Hall–Kier alpha value is -3.58. The highest BCUT2D eigenvalue weighted by atomic mass is 16.3. The summed E-state index contributed by atoms with van der Waals surface area (Å²) in [5, 5.41) is 6.60. The number of furan rings is 1. The monoisotopic (exact) mass is 422 g/mol. The summed E-state index contributed by atoms with van der Waals surface area (Å²) < 4.78 is 6.01. The summed E-state index contributed by atoms with van der Waals surface area (Å²) in [5.41, 5.74) is 4.57. The third-order valence-corrected chi connectivity index (χ3v) is 6.57. The van der Waals surface area contributed by atoms with E-state index in [1.807, 2.05) is 36.7 Å². The minimum atomic E-state index is 0.577. The highest BCUT2D eigenvalue weighted by Crippen LogP contribution is 2.45. The largest absolute Gasteiger partial charge is 0.438 e. The lowest BCUT2D eigenvalue weighted by Crippen LogP contribution is -2.44. The van der Waals surface area contributed by atoms with Crippen molar-refractivity contribution in [3.63, 3.8) is 0 Å². The molecule has 1 aromatic carbocycles. The Morgan fingerprint density at radius 3 is 2.72 bits per heavy atom. The molecule has 0 amide bonds. The normalized spacial score (nSPS) is 16.9. The van der Waals surface area contributed by atoms with Gasteiger partial charge in [0.15, 0.2) is 5.82 Å². The van der Waals surface area contributed by atoms with Gasteiger partial charge in [-0.2, -0.15) is 0 Å². The van der Waals surface area contributed by atoms with Crippen molar-refractivity contribution >= 4 is 38.8 Å². The van der Waals surface area contributed by atoms with E-state index in [1.54, 1.807) is 6.20 Å². The van der Waals surface area contributed by atoms with Gasteiger partial charge in [0.1, 0.15) is 11.4 Å². The van der Waals surface area contributed by atoms with Gasteiger partial charge in [-0.05, 0) is 36.5 Å². The van der Waals surface area contributed by atoms with Crippen LogP contribution in [0.2, 0.25) is 0 Å². The number of fused-ring (bicyclic) bond motifs is 4. The fourth-order valence-electron chi connectivity index (χ4n) is 4.85. The predicted octanol–water partition coefficient (Wildman–Crippen LogP) is 4.27. The van der Waals surface area contributed by atoms with Crippen LogP contribution in [0.4, 0.5) is 5.82 Å². The first-order valence-corrected chi connectivity index (χ1v) is 11.2. The lowest BCUT2D eigenvalue weighted by molar-refractivity contribution is 0.586. The summed E-state index contributed by atoms with van der Waals surface area (Å²) in [6.07, 6.45) is 8.11. The van der Waals surface area contributed by atoms with E-state index in [0.717, 1.165) is 64.8 Å². The Morgan fingerprint density at radius 2 is 1.84 bits per heavy atom. The number of rotatable bonds is 3. The van der Waals surface area contributed by atoms with Gasteiger partial charge >= 0.3 is 0 Å². The van der Waals surface area contributed by atoms with E-state index in [4.69, 9.17) is 14.4 Å². The summed E-state index contributed by atoms with van der Waals surface area (Å²) in [5.74, 6) is 2.29. The number of piperazine rings is 1. The van der Waals surface area contributed by atoms with Crippen LogP contribution >= 0.6 is 0 Å².